The minimum absolute atomic E-state index is 0.174. The number of aromatic nitrogens is 3. The van der Waals surface area contributed by atoms with Crippen LogP contribution in [0.5, 0.6) is 0 Å². The topological polar surface area (TPSA) is 70.7 Å². The van der Waals surface area contributed by atoms with Crippen molar-refractivity contribution in [3.8, 4) is 0 Å². The van der Waals surface area contributed by atoms with Crippen LogP contribution in [-0.4, -0.2) is 15.0 Å². The summed E-state index contributed by atoms with van der Waals surface area (Å²) in [6, 6.07) is 1.43. The average molecular weight is 236 g/mol. The van der Waals surface area contributed by atoms with Crippen LogP contribution in [-0.2, 0) is 5.54 Å². The van der Waals surface area contributed by atoms with E-state index in [0.29, 0.717) is 5.82 Å². The fourth-order valence-electron chi connectivity index (χ4n) is 1.34. The highest BCUT2D eigenvalue weighted by molar-refractivity contribution is 7.09. The average Bonchev–Trinajstić information content (AvgIpc) is 2.69. The summed E-state index contributed by atoms with van der Waals surface area (Å²) in [5.74, 6) is 0.545. The van der Waals surface area contributed by atoms with Crippen LogP contribution in [0.1, 0.15) is 18.9 Å². The highest BCUT2D eigenvalue weighted by atomic mass is 32.1. The summed E-state index contributed by atoms with van der Waals surface area (Å²) in [6.07, 6.45) is 3.14. The quantitative estimate of drug-likeness (QED) is 0.848. The van der Waals surface area contributed by atoms with E-state index in [2.05, 4.69) is 20.3 Å². The lowest BCUT2D eigenvalue weighted by atomic mass is 10.1. The largest absolute Gasteiger partial charge is 0.358 e. The SMILES string of the molecule is CC(C)(Nc1cc(=O)[nH]cn1)c1nccs1. The van der Waals surface area contributed by atoms with Crippen LogP contribution in [0.15, 0.2) is 28.8 Å². The summed E-state index contributed by atoms with van der Waals surface area (Å²) in [4.78, 5) is 21.9. The number of H-pyrrole nitrogens is 1. The summed E-state index contributed by atoms with van der Waals surface area (Å²) < 4.78 is 0. The Morgan fingerprint density at radius 3 is 2.88 bits per heavy atom. The molecular weight excluding hydrogens is 224 g/mol. The Hall–Kier alpha value is -1.69. The first kappa shape index (κ1) is 10.8. The summed E-state index contributed by atoms with van der Waals surface area (Å²) in [5.41, 5.74) is -0.512. The summed E-state index contributed by atoms with van der Waals surface area (Å²) in [7, 11) is 0. The van der Waals surface area contributed by atoms with E-state index < -0.39 is 0 Å². The van der Waals surface area contributed by atoms with Gasteiger partial charge in [0.2, 0.25) is 0 Å². The number of rotatable bonds is 3. The van der Waals surface area contributed by atoms with Gasteiger partial charge in [-0.3, -0.25) is 4.79 Å². The maximum Gasteiger partial charge on any atom is 0.252 e. The van der Waals surface area contributed by atoms with Gasteiger partial charge in [-0.25, -0.2) is 9.97 Å². The molecule has 0 amide bonds. The van der Waals surface area contributed by atoms with E-state index in [0.717, 1.165) is 5.01 Å². The molecular formula is C10H12N4OS. The Kier molecular flexibility index (Phi) is 2.74. The van der Waals surface area contributed by atoms with Crippen molar-refractivity contribution in [1.82, 2.24) is 15.0 Å². The van der Waals surface area contributed by atoms with Gasteiger partial charge in [-0.15, -0.1) is 11.3 Å². The maximum absolute atomic E-state index is 11.1. The molecule has 0 bridgehead atoms. The van der Waals surface area contributed by atoms with Crippen molar-refractivity contribution >= 4 is 17.2 Å². The molecule has 0 aliphatic carbocycles. The molecule has 0 aliphatic rings. The van der Waals surface area contributed by atoms with Gasteiger partial charge in [0.15, 0.2) is 0 Å². The monoisotopic (exact) mass is 236 g/mol. The number of thiazole rings is 1. The first-order chi connectivity index (χ1) is 7.58. The van der Waals surface area contributed by atoms with Crippen molar-refractivity contribution in [1.29, 1.82) is 0 Å². The summed E-state index contributed by atoms with van der Waals surface area (Å²) in [6.45, 7) is 3.99. The van der Waals surface area contributed by atoms with Crippen LogP contribution in [0.2, 0.25) is 0 Å². The minimum atomic E-state index is -0.338. The molecule has 0 aromatic carbocycles. The van der Waals surface area contributed by atoms with E-state index in [1.54, 1.807) is 17.5 Å². The molecule has 16 heavy (non-hydrogen) atoms. The van der Waals surface area contributed by atoms with Gasteiger partial charge in [0, 0.05) is 17.6 Å². The van der Waals surface area contributed by atoms with Crippen LogP contribution in [0, 0.1) is 0 Å². The number of nitrogens with zero attached hydrogens (tertiary/aromatic N) is 2. The zero-order chi connectivity index (χ0) is 11.6. The Balaban J connectivity index is 2.24. The molecule has 2 rings (SSSR count). The molecule has 6 heteroatoms. The molecule has 5 nitrogen and oxygen atoms in total. The third-order valence-electron chi connectivity index (χ3n) is 2.09. The Labute approximate surface area is 96.6 Å². The molecule has 0 radical (unpaired) electrons. The molecule has 0 unspecified atom stereocenters. The van der Waals surface area contributed by atoms with Crippen molar-refractivity contribution in [2.45, 2.75) is 19.4 Å². The van der Waals surface area contributed by atoms with E-state index in [1.807, 2.05) is 19.2 Å². The maximum atomic E-state index is 11.1. The van der Waals surface area contributed by atoms with Gasteiger partial charge in [0.05, 0.1) is 11.9 Å². The molecule has 2 aromatic heterocycles. The van der Waals surface area contributed by atoms with Crippen molar-refractivity contribution in [2.75, 3.05) is 5.32 Å². The molecule has 0 aliphatic heterocycles. The zero-order valence-electron chi connectivity index (χ0n) is 9.02. The van der Waals surface area contributed by atoms with Gasteiger partial charge in [-0.2, -0.15) is 0 Å². The zero-order valence-corrected chi connectivity index (χ0v) is 9.84. The van der Waals surface area contributed by atoms with Crippen LogP contribution < -0.4 is 10.9 Å². The lowest BCUT2D eigenvalue weighted by Gasteiger charge is -2.24. The molecule has 2 heterocycles. The number of hydrogen-bond donors (Lipinski definition) is 2. The highest BCUT2D eigenvalue weighted by Gasteiger charge is 2.23. The summed E-state index contributed by atoms with van der Waals surface area (Å²) >= 11 is 1.57. The minimum Gasteiger partial charge on any atom is -0.358 e. The number of aromatic amines is 1. The summed E-state index contributed by atoms with van der Waals surface area (Å²) in [5, 5.41) is 6.05. The second-order valence-corrected chi connectivity index (χ2v) is 4.78. The van der Waals surface area contributed by atoms with Crippen molar-refractivity contribution in [3.05, 3.63) is 39.3 Å². The van der Waals surface area contributed by atoms with E-state index in [1.165, 1.54) is 12.4 Å². The van der Waals surface area contributed by atoms with E-state index >= 15 is 0 Å². The molecule has 0 fully saturated rings. The smallest absolute Gasteiger partial charge is 0.252 e. The standard InChI is InChI=1S/C10H12N4OS/c1-10(2,9-11-3-4-16-9)14-7-5-8(15)13-6-12-7/h3-6H,1-2H3,(H2,12,13,14,15). The number of anilines is 1. The fourth-order valence-corrected chi connectivity index (χ4v) is 2.06. The van der Waals surface area contributed by atoms with Gasteiger partial charge < -0.3 is 10.3 Å². The van der Waals surface area contributed by atoms with Crippen molar-refractivity contribution < 1.29 is 0 Å². The molecule has 2 N–H and O–H groups in total. The van der Waals surface area contributed by atoms with E-state index in [9.17, 15) is 4.79 Å². The normalized spacial score (nSPS) is 11.4. The third kappa shape index (κ3) is 2.27. The Morgan fingerprint density at radius 2 is 2.25 bits per heavy atom. The van der Waals surface area contributed by atoms with Crippen LogP contribution in [0.3, 0.4) is 0 Å². The molecule has 0 spiro atoms. The molecule has 0 atom stereocenters. The van der Waals surface area contributed by atoms with E-state index in [-0.39, 0.29) is 11.1 Å². The predicted octanol–water partition coefficient (Wildman–Crippen LogP) is 1.57. The van der Waals surface area contributed by atoms with Crippen LogP contribution in [0.25, 0.3) is 0 Å². The van der Waals surface area contributed by atoms with Gasteiger partial charge >= 0.3 is 0 Å². The molecule has 0 saturated carbocycles. The van der Waals surface area contributed by atoms with E-state index in [4.69, 9.17) is 0 Å². The Morgan fingerprint density at radius 1 is 1.44 bits per heavy atom. The number of nitrogens with one attached hydrogen (secondary N) is 2. The first-order valence-electron chi connectivity index (χ1n) is 4.81. The second-order valence-electron chi connectivity index (χ2n) is 3.88. The molecule has 84 valence electrons. The van der Waals surface area contributed by atoms with Crippen molar-refractivity contribution in [2.24, 2.45) is 0 Å². The van der Waals surface area contributed by atoms with Crippen molar-refractivity contribution in [3.63, 3.8) is 0 Å². The lowest BCUT2D eigenvalue weighted by Crippen LogP contribution is -2.29. The van der Waals surface area contributed by atoms with Gasteiger partial charge in [0.1, 0.15) is 10.8 Å². The third-order valence-corrected chi connectivity index (χ3v) is 3.18. The number of hydrogen-bond acceptors (Lipinski definition) is 5. The Bertz CT molecular complexity index is 518. The van der Waals surface area contributed by atoms with Gasteiger partial charge in [-0.1, -0.05) is 0 Å². The lowest BCUT2D eigenvalue weighted by molar-refractivity contribution is 0.600. The van der Waals surface area contributed by atoms with Crippen LogP contribution >= 0.6 is 11.3 Å². The van der Waals surface area contributed by atoms with Crippen LogP contribution in [0.4, 0.5) is 5.82 Å². The van der Waals surface area contributed by atoms with Gasteiger partial charge in [-0.05, 0) is 13.8 Å². The van der Waals surface area contributed by atoms with Gasteiger partial charge in [0.25, 0.3) is 5.56 Å². The highest BCUT2D eigenvalue weighted by Crippen LogP contribution is 2.25. The fraction of sp³-hybridized carbons (Fsp3) is 0.300. The first-order valence-corrected chi connectivity index (χ1v) is 5.69. The second kappa shape index (κ2) is 4.05. The molecule has 2 aromatic rings. The predicted molar refractivity (Wildman–Crippen MR) is 63.6 cm³/mol. The molecule has 0 saturated heterocycles.